The second-order valence-electron chi connectivity index (χ2n) is 7.31. The van der Waals surface area contributed by atoms with E-state index >= 15 is 0 Å². The zero-order valence-corrected chi connectivity index (χ0v) is 16.1. The van der Waals surface area contributed by atoms with Crippen molar-refractivity contribution in [3.05, 3.63) is 35.9 Å². The molecule has 1 aromatic rings. The van der Waals surface area contributed by atoms with Gasteiger partial charge in [-0.1, -0.05) is 31.0 Å². The van der Waals surface area contributed by atoms with Crippen LogP contribution in [0, 0.1) is 17.3 Å². The number of hydrogen-bond donors (Lipinski definition) is 0. The predicted octanol–water partition coefficient (Wildman–Crippen LogP) is 2.09. The van der Waals surface area contributed by atoms with Crippen molar-refractivity contribution in [2.45, 2.75) is 32.6 Å². The molecule has 1 spiro atoms. The normalized spacial score (nSPS) is 20.0. The number of amides is 1. The van der Waals surface area contributed by atoms with Gasteiger partial charge in [-0.2, -0.15) is 0 Å². The lowest BCUT2D eigenvalue weighted by atomic mass is 9.78. The van der Waals surface area contributed by atoms with Crippen LogP contribution in [0.25, 0.3) is 0 Å². The molecule has 1 amide bonds. The number of carbonyl (C=O) groups is 1. The minimum absolute atomic E-state index is 0.0322. The first kappa shape index (κ1) is 18.9. The van der Waals surface area contributed by atoms with Crippen LogP contribution in [0.2, 0.25) is 0 Å². The zero-order chi connectivity index (χ0) is 18.6. The van der Waals surface area contributed by atoms with Gasteiger partial charge in [-0.05, 0) is 43.2 Å². The van der Waals surface area contributed by atoms with Crippen molar-refractivity contribution in [1.29, 1.82) is 0 Å². The van der Waals surface area contributed by atoms with Gasteiger partial charge in [-0.15, -0.1) is 0 Å². The summed E-state index contributed by atoms with van der Waals surface area (Å²) in [5.41, 5.74) is 0.867. The van der Waals surface area contributed by atoms with Gasteiger partial charge < -0.3 is 4.90 Å². The van der Waals surface area contributed by atoms with Crippen molar-refractivity contribution in [1.82, 2.24) is 9.21 Å². The van der Waals surface area contributed by atoms with E-state index in [1.54, 1.807) is 9.21 Å². The number of rotatable bonds is 3. The van der Waals surface area contributed by atoms with Crippen molar-refractivity contribution in [3.63, 3.8) is 0 Å². The van der Waals surface area contributed by atoms with Gasteiger partial charge in [0.05, 0.1) is 5.75 Å². The Labute approximate surface area is 156 Å². The minimum Gasteiger partial charge on any atom is -0.332 e. The molecule has 2 heterocycles. The van der Waals surface area contributed by atoms with Gasteiger partial charge in [0.1, 0.15) is 0 Å². The Kier molecular flexibility index (Phi) is 5.69. The van der Waals surface area contributed by atoms with Crippen LogP contribution >= 0.6 is 0 Å². The SMILES string of the molecule is CCCS(=O)(=O)N1CCC2(CCN(C(=O)C#Cc3ccccc3)CC2)C1. The van der Waals surface area contributed by atoms with Crippen molar-refractivity contribution in [2.24, 2.45) is 5.41 Å². The molecule has 0 aliphatic carbocycles. The third kappa shape index (κ3) is 4.28. The standard InChI is InChI=1S/C20H26N2O3S/c1-2-16-26(24,25)22-15-12-20(17-22)10-13-21(14-11-20)19(23)9-8-18-6-4-3-5-7-18/h3-7H,2,10-17H2,1H3. The third-order valence-electron chi connectivity index (χ3n) is 5.46. The highest BCUT2D eigenvalue weighted by atomic mass is 32.2. The molecule has 26 heavy (non-hydrogen) atoms. The Hall–Kier alpha value is -1.84. The van der Waals surface area contributed by atoms with Crippen LogP contribution in [-0.4, -0.2) is 55.5 Å². The summed E-state index contributed by atoms with van der Waals surface area (Å²) in [6.45, 7) is 4.43. The van der Waals surface area contributed by atoms with Gasteiger partial charge in [-0.3, -0.25) is 4.79 Å². The number of carbonyl (C=O) groups excluding carboxylic acids is 1. The maximum Gasteiger partial charge on any atom is 0.298 e. The largest absolute Gasteiger partial charge is 0.332 e. The Morgan fingerprint density at radius 1 is 1.12 bits per heavy atom. The van der Waals surface area contributed by atoms with Gasteiger partial charge in [0.15, 0.2) is 0 Å². The summed E-state index contributed by atoms with van der Waals surface area (Å²) in [6.07, 6.45) is 3.25. The first-order valence-corrected chi connectivity index (χ1v) is 10.9. The van der Waals surface area contributed by atoms with E-state index in [9.17, 15) is 13.2 Å². The van der Waals surface area contributed by atoms with Crippen molar-refractivity contribution < 1.29 is 13.2 Å². The lowest BCUT2D eigenvalue weighted by Crippen LogP contribution is -2.44. The number of hydrogen-bond acceptors (Lipinski definition) is 3. The van der Waals surface area contributed by atoms with Crippen LogP contribution in [0.15, 0.2) is 30.3 Å². The topological polar surface area (TPSA) is 57.7 Å². The van der Waals surface area contributed by atoms with Crippen LogP contribution < -0.4 is 0 Å². The van der Waals surface area contributed by atoms with Crippen LogP contribution in [-0.2, 0) is 14.8 Å². The molecule has 0 N–H and O–H groups in total. The van der Waals surface area contributed by atoms with Crippen molar-refractivity contribution in [3.8, 4) is 11.8 Å². The molecule has 0 aromatic heterocycles. The fourth-order valence-electron chi connectivity index (χ4n) is 3.84. The highest BCUT2D eigenvalue weighted by Crippen LogP contribution is 2.41. The summed E-state index contributed by atoms with van der Waals surface area (Å²) >= 11 is 0. The molecule has 140 valence electrons. The summed E-state index contributed by atoms with van der Waals surface area (Å²) < 4.78 is 26.2. The number of nitrogens with zero attached hydrogens (tertiary/aromatic N) is 2. The number of likely N-dealkylation sites (tertiary alicyclic amines) is 1. The first-order valence-electron chi connectivity index (χ1n) is 9.28. The van der Waals surface area contributed by atoms with Crippen molar-refractivity contribution in [2.75, 3.05) is 31.9 Å². The second kappa shape index (κ2) is 7.81. The van der Waals surface area contributed by atoms with Crippen LogP contribution in [0.5, 0.6) is 0 Å². The molecular formula is C20H26N2O3S. The van der Waals surface area contributed by atoms with Gasteiger partial charge in [0.2, 0.25) is 10.0 Å². The molecule has 3 rings (SSSR count). The molecule has 2 saturated heterocycles. The van der Waals surface area contributed by atoms with Gasteiger partial charge in [0, 0.05) is 37.7 Å². The number of benzene rings is 1. The lowest BCUT2D eigenvalue weighted by Gasteiger charge is -2.38. The summed E-state index contributed by atoms with van der Waals surface area (Å²) in [5, 5.41) is 0. The molecule has 2 fully saturated rings. The predicted molar refractivity (Wildman–Crippen MR) is 102 cm³/mol. The molecule has 1 aromatic carbocycles. The Balaban J connectivity index is 1.56. The monoisotopic (exact) mass is 374 g/mol. The molecule has 0 saturated carbocycles. The van der Waals surface area contributed by atoms with E-state index in [0.29, 0.717) is 32.6 Å². The summed E-state index contributed by atoms with van der Waals surface area (Å²) in [5.74, 6) is 5.73. The summed E-state index contributed by atoms with van der Waals surface area (Å²) in [6, 6.07) is 9.49. The molecule has 0 radical (unpaired) electrons. The van der Waals surface area contributed by atoms with E-state index in [0.717, 1.165) is 24.8 Å². The Bertz CT molecular complexity index is 800. The van der Waals surface area contributed by atoms with Crippen LogP contribution in [0.3, 0.4) is 0 Å². The molecule has 0 bridgehead atoms. The first-order chi connectivity index (χ1) is 12.4. The number of piperidine rings is 1. The van der Waals surface area contributed by atoms with Crippen molar-refractivity contribution >= 4 is 15.9 Å². The Morgan fingerprint density at radius 2 is 1.77 bits per heavy atom. The Morgan fingerprint density at radius 3 is 2.42 bits per heavy atom. The summed E-state index contributed by atoms with van der Waals surface area (Å²) in [4.78, 5) is 14.1. The zero-order valence-electron chi connectivity index (χ0n) is 15.3. The lowest BCUT2D eigenvalue weighted by molar-refractivity contribution is -0.127. The molecule has 0 unspecified atom stereocenters. The smallest absolute Gasteiger partial charge is 0.298 e. The fraction of sp³-hybridized carbons (Fsp3) is 0.550. The van der Waals surface area contributed by atoms with Gasteiger partial charge in [-0.25, -0.2) is 12.7 Å². The average molecular weight is 375 g/mol. The van der Waals surface area contributed by atoms with Crippen LogP contribution in [0.1, 0.15) is 38.2 Å². The molecular weight excluding hydrogens is 348 g/mol. The maximum absolute atomic E-state index is 12.3. The van der Waals surface area contributed by atoms with E-state index < -0.39 is 10.0 Å². The van der Waals surface area contributed by atoms with E-state index in [-0.39, 0.29) is 17.1 Å². The summed E-state index contributed by atoms with van der Waals surface area (Å²) in [7, 11) is -3.12. The molecule has 0 atom stereocenters. The average Bonchev–Trinajstić information content (AvgIpc) is 3.06. The molecule has 5 nitrogen and oxygen atoms in total. The third-order valence-corrected chi connectivity index (χ3v) is 7.48. The van der Waals surface area contributed by atoms with Gasteiger partial charge in [0.25, 0.3) is 5.91 Å². The molecule has 6 heteroatoms. The highest BCUT2D eigenvalue weighted by Gasteiger charge is 2.44. The van der Waals surface area contributed by atoms with E-state index in [1.165, 1.54) is 0 Å². The van der Waals surface area contributed by atoms with E-state index in [4.69, 9.17) is 0 Å². The van der Waals surface area contributed by atoms with Crippen LogP contribution in [0.4, 0.5) is 0 Å². The minimum atomic E-state index is -3.12. The number of sulfonamides is 1. The second-order valence-corrected chi connectivity index (χ2v) is 9.40. The van der Waals surface area contributed by atoms with E-state index in [1.807, 2.05) is 37.3 Å². The quantitative estimate of drug-likeness (QED) is 0.762. The molecule has 2 aliphatic heterocycles. The highest BCUT2D eigenvalue weighted by molar-refractivity contribution is 7.89. The maximum atomic E-state index is 12.3. The fourth-order valence-corrected chi connectivity index (χ4v) is 5.45. The van der Waals surface area contributed by atoms with E-state index in [2.05, 4.69) is 11.8 Å². The van der Waals surface area contributed by atoms with Gasteiger partial charge >= 0.3 is 0 Å². The molecule has 2 aliphatic rings.